The Morgan fingerprint density at radius 1 is 1.26 bits per heavy atom. The number of rotatable bonds is 4. The van der Waals surface area contributed by atoms with Crippen molar-refractivity contribution in [3.63, 3.8) is 0 Å². The number of pyridine rings is 1. The Labute approximate surface area is 159 Å². The van der Waals surface area contributed by atoms with Crippen LogP contribution in [0.3, 0.4) is 0 Å². The molecule has 1 saturated heterocycles. The zero-order chi connectivity index (χ0) is 18.8. The average molecular weight is 385 g/mol. The maximum Gasteiger partial charge on any atom is 0.274 e. The predicted molar refractivity (Wildman–Crippen MR) is 103 cm³/mol. The zero-order valence-corrected chi connectivity index (χ0v) is 15.6. The average Bonchev–Trinajstić information content (AvgIpc) is 3.10. The molecule has 1 aliphatic rings. The topological polar surface area (TPSA) is 84.5 Å². The fraction of sp³-hybridized carbons (Fsp3) is 0.316. The van der Waals surface area contributed by atoms with Crippen molar-refractivity contribution in [2.45, 2.75) is 18.9 Å². The molecular formula is C19H19N3O4S. The summed E-state index contributed by atoms with van der Waals surface area (Å²) in [6, 6.07) is 8.67. The lowest BCUT2D eigenvalue weighted by molar-refractivity contribution is 0.0595. The van der Waals surface area contributed by atoms with Gasteiger partial charge in [0.15, 0.2) is 0 Å². The number of H-pyrrole nitrogens is 1. The highest BCUT2D eigenvalue weighted by molar-refractivity contribution is 7.20. The van der Waals surface area contributed by atoms with Crippen LogP contribution in [-0.2, 0) is 0 Å². The van der Waals surface area contributed by atoms with Gasteiger partial charge in [-0.2, -0.15) is 0 Å². The number of benzene rings is 1. The van der Waals surface area contributed by atoms with Crippen LogP contribution in [-0.4, -0.2) is 47.1 Å². The highest BCUT2D eigenvalue weighted by Crippen LogP contribution is 2.32. The number of aromatic amines is 1. The van der Waals surface area contributed by atoms with Crippen molar-refractivity contribution >= 4 is 27.5 Å². The van der Waals surface area contributed by atoms with Gasteiger partial charge >= 0.3 is 0 Å². The number of aromatic nitrogens is 2. The lowest BCUT2D eigenvalue weighted by atomic mass is 10.1. The van der Waals surface area contributed by atoms with E-state index in [0.717, 1.165) is 28.8 Å². The molecule has 2 aromatic heterocycles. The number of carbonyl (C=O) groups is 1. The highest BCUT2D eigenvalue weighted by Gasteiger charge is 2.25. The zero-order valence-electron chi connectivity index (χ0n) is 14.8. The second-order valence-electron chi connectivity index (χ2n) is 6.36. The van der Waals surface area contributed by atoms with Crippen molar-refractivity contribution < 1.29 is 14.3 Å². The molecule has 1 amide bonds. The molecule has 1 aliphatic heterocycles. The van der Waals surface area contributed by atoms with Crippen LogP contribution in [0.1, 0.15) is 23.2 Å². The first kappa shape index (κ1) is 17.5. The molecule has 0 spiro atoms. The lowest BCUT2D eigenvalue weighted by Crippen LogP contribution is -2.41. The van der Waals surface area contributed by atoms with Crippen LogP contribution in [0, 0.1) is 0 Å². The van der Waals surface area contributed by atoms with Crippen LogP contribution in [0.4, 0.5) is 0 Å². The van der Waals surface area contributed by atoms with Gasteiger partial charge in [-0.1, -0.05) is 11.3 Å². The molecule has 0 radical (unpaired) electrons. The van der Waals surface area contributed by atoms with Crippen LogP contribution in [0.25, 0.3) is 10.2 Å². The van der Waals surface area contributed by atoms with Crippen molar-refractivity contribution in [2.24, 2.45) is 0 Å². The highest BCUT2D eigenvalue weighted by atomic mass is 32.1. The Balaban J connectivity index is 1.37. The van der Waals surface area contributed by atoms with E-state index in [4.69, 9.17) is 9.47 Å². The molecule has 1 N–H and O–H groups in total. The number of piperidine rings is 1. The van der Waals surface area contributed by atoms with Gasteiger partial charge in [0.1, 0.15) is 11.9 Å². The van der Waals surface area contributed by atoms with Crippen LogP contribution < -0.4 is 15.0 Å². The summed E-state index contributed by atoms with van der Waals surface area (Å²) in [5, 5.41) is 0.642. The van der Waals surface area contributed by atoms with Crippen molar-refractivity contribution in [1.82, 2.24) is 14.9 Å². The van der Waals surface area contributed by atoms with Crippen LogP contribution in [0.5, 0.6) is 10.9 Å². The Morgan fingerprint density at radius 3 is 2.78 bits per heavy atom. The summed E-state index contributed by atoms with van der Waals surface area (Å²) >= 11 is 1.50. The second kappa shape index (κ2) is 7.40. The third-order valence-electron chi connectivity index (χ3n) is 4.60. The van der Waals surface area contributed by atoms with E-state index in [2.05, 4.69) is 9.97 Å². The molecule has 0 aliphatic carbocycles. The van der Waals surface area contributed by atoms with E-state index < -0.39 is 0 Å². The maximum absolute atomic E-state index is 12.5. The van der Waals surface area contributed by atoms with Gasteiger partial charge < -0.3 is 19.4 Å². The first-order chi connectivity index (χ1) is 13.1. The van der Waals surface area contributed by atoms with Crippen LogP contribution in [0.15, 0.2) is 41.3 Å². The van der Waals surface area contributed by atoms with Gasteiger partial charge in [-0.15, -0.1) is 0 Å². The van der Waals surface area contributed by atoms with Gasteiger partial charge in [0.05, 0.1) is 22.9 Å². The molecule has 27 heavy (non-hydrogen) atoms. The Kier molecular flexibility index (Phi) is 4.81. The molecule has 0 unspecified atom stereocenters. The van der Waals surface area contributed by atoms with Gasteiger partial charge in [0.2, 0.25) is 5.56 Å². The number of carbonyl (C=O) groups excluding carboxylic acids is 1. The smallest absolute Gasteiger partial charge is 0.274 e. The standard InChI is InChI=1S/C19H19N3O4S/c1-25-14-3-4-15-16(10-14)27-19(21-15)26-13-6-8-22(9-7-13)18(24)12-2-5-17(23)20-11-12/h2-5,10-11,13H,6-9H2,1H3,(H,20,23). The van der Waals surface area contributed by atoms with Crippen molar-refractivity contribution in [1.29, 1.82) is 0 Å². The van der Waals surface area contributed by atoms with Gasteiger partial charge in [0.25, 0.3) is 11.1 Å². The largest absolute Gasteiger partial charge is 0.497 e. The number of nitrogens with zero attached hydrogens (tertiary/aromatic N) is 2. The molecule has 0 atom stereocenters. The summed E-state index contributed by atoms with van der Waals surface area (Å²) in [5.74, 6) is 0.726. The number of likely N-dealkylation sites (tertiary alicyclic amines) is 1. The van der Waals surface area contributed by atoms with E-state index in [9.17, 15) is 9.59 Å². The maximum atomic E-state index is 12.5. The molecule has 3 heterocycles. The summed E-state index contributed by atoms with van der Waals surface area (Å²) in [5.41, 5.74) is 1.17. The Hall–Kier alpha value is -2.87. The van der Waals surface area contributed by atoms with E-state index in [1.807, 2.05) is 18.2 Å². The minimum absolute atomic E-state index is 0.0343. The number of nitrogens with one attached hydrogen (secondary N) is 1. The van der Waals surface area contributed by atoms with Gasteiger partial charge in [-0.3, -0.25) is 9.59 Å². The van der Waals surface area contributed by atoms with Crippen molar-refractivity contribution in [3.05, 3.63) is 52.4 Å². The van der Waals surface area contributed by atoms with Crippen LogP contribution >= 0.6 is 11.3 Å². The first-order valence-electron chi connectivity index (χ1n) is 8.71. The molecule has 4 rings (SSSR count). The minimum atomic E-state index is -0.216. The first-order valence-corrected chi connectivity index (χ1v) is 9.53. The third kappa shape index (κ3) is 3.80. The number of ether oxygens (including phenoxy) is 2. The fourth-order valence-electron chi connectivity index (χ4n) is 3.11. The number of thiazole rings is 1. The van der Waals surface area contributed by atoms with E-state index in [1.54, 1.807) is 18.1 Å². The monoisotopic (exact) mass is 385 g/mol. The normalized spacial score (nSPS) is 15.1. The molecule has 140 valence electrons. The number of hydrogen-bond donors (Lipinski definition) is 1. The number of hydrogen-bond acceptors (Lipinski definition) is 6. The molecule has 0 bridgehead atoms. The molecule has 1 aromatic carbocycles. The number of methoxy groups -OCH3 is 1. The molecular weight excluding hydrogens is 366 g/mol. The summed E-state index contributed by atoms with van der Waals surface area (Å²) in [6.45, 7) is 1.22. The molecule has 0 saturated carbocycles. The molecule has 1 fully saturated rings. The lowest BCUT2D eigenvalue weighted by Gasteiger charge is -2.31. The van der Waals surface area contributed by atoms with Crippen molar-refractivity contribution in [3.8, 4) is 10.9 Å². The summed E-state index contributed by atoms with van der Waals surface area (Å²) in [4.78, 5) is 32.5. The van der Waals surface area contributed by atoms with E-state index in [1.165, 1.54) is 23.6 Å². The Morgan fingerprint density at radius 2 is 2.07 bits per heavy atom. The third-order valence-corrected chi connectivity index (χ3v) is 5.51. The summed E-state index contributed by atoms with van der Waals surface area (Å²) in [6.07, 6.45) is 2.98. The molecule has 3 aromatic rings. The second-order valence-corrected chi connectivity index (χ2v) is 7.36. The summed E-state index contributed by atoms with van der Waals surface area (Å²) < 4.78 is 12.3. The number of fused-ring (bicyclic) bond motifs is 1. The molecule has 8 heteroatoms. The Bertz CT molecular complexity index is 1000. The predicted octanol–water partition coefficient (Wildman–Crippen LogP) is 2.68. The van der Waals surface area contributed by atoms with E-state index in [0.29, 0.717) is 23.8 Å². The van der Waals surface area contributed by atoms with E-state index in [-0.39, 0.29) is 17.6 Å². The van der Waals surface area contributed by atoms with Crippen molar-refractivity contribution in [2.75, 3.05) is 20.2 Å². The number of amides is 1. The SMILES string of the molecule is COc1ccc2nc(OC3CCN(C(=O)c4ccc(=O)[nH]c4)CC3)sc2c1. The fourth-order valence-corrected chi connectivity index (χ4v) is 4.02. The van der Waals surface area contributed by atoms with Gasteiger partial charge in [0, 0.05) is 38.2 Å². The minimum Gasteiger partial charge on any atom is -0.497 e. The van der Waals surface area contributed by atoms with Gasteiger partial charge in [-0.05, 0) is 24.3 Å². The van der Waals surface area contributed by atoms with Gasteiger partial charge in [-0.25, -0.2) is 4.98 Å². The quantitative estimate of drug-likeness (QED) is 0.746. The van der Waals surface area contributed by atoms with E-state index >= 15 is 0 Å². The molecule has 7 nitrogen and oxygen atoms in total. The summed E-state index contributed by atoms with van der Waals surface area (Å²) in [7, 11) is 1.64. The van der Waals surface area contributed by atoms with Crippen LogP contribution in [0.2, 0.25) is 0 Å².